The largest absolute Gasteiger partial charge is 0.391 e. The Labute approximate surface area is 116 Å². The average molecular weight is 312 g/mol. The summed E-state index contributed by atoms with van der Waals surface area (Å²) in [7, 11) is 0. The Hall–Kier alpha value is -0.870. The number of halogens is 1. The molecule has 98 valence electrons. The monoisotopic (exact) mass is 311 g/mol. The summed E-state index contributed by atoms with van der Waals surface area (Å²) in [5, 5.41) is 9.77. The van der Waals surface area contributed by atoms with Crippen LogP contribution in [-0.2, 0) is 0 Å². The summed E-state index contributed by atoms with van der Waals surface area (Å²) in [6.45, 7) is 4.51. The van der Waals surface area contributed by atoms with Gasteiger partial charge in [0.1, 0.15) is 0 Å². The molecule has 18 heavy (non-hydrogen) atoms. The van der Waals surface area contributed by atoms with Crippen LogP contribution in [0.3, 0.4) is 0 Å². The van der Waals surface area contributed by atoms with Crippen molar-refractivity contribution in [3.8, 4) is 0 Å². The van der Waals surface area contributed by atoms with Crippen molar-refractivity contribution < 1.29 is 9.90 Å². The van der Waals surface area contributed by atoms with E-state index in [4.69, 9.17) is 0 Å². The molecule has 1 unspecified atom stereocenters. The van der Waals surface area contributed by atoms with Gasteiger partial charge < -0.3 is 10.0 Å². The van der Waals surface area contributed by atoms with E-state index in [9.17, 15) is 9.90 Å². The summed E-state index contributed by atoms with van der Waals surface area (Å²) >= 11 is 3.41. The Kier molecular flexibility index (Phi) is 3.78. The fourth-order valence-corrected chi connectivity index (χ4v) is 2.80. The standard InChI is InChI=1S/C14H18BrNO2/c1-14(2)8-7-10(17)9-16(14)13(18)11-5-3-4-6-12(11)15/h3-6,10,17H,7-9H2,1-2H3. The highest BCUT2D eigenvalue weighted by Crippen LogP contribution is 2.30. The average Bonchev–Trinajstić information content (AvgIpc) is 2.32. The fourth-order valence-electron chi connectivity index (χ4n) is 2.34. The number of benzene rings is 1. The Morgan fingerprint density at radius 2 is 2.11 bits per heavy atom. The summed E-state index contributed by atoms with van der Waals surface area (Å²) in [6.07, 6.45) is 1.17. The van der Waals surface area contributed by atoms with Crippen molar-refractivity contribution in [3.05, 3.63) is 34.3 Å². The third kappa shape index (κ3) is 2.59. The third-order valence-electron chi connectivity index (χ3n) is 3.56. The Bertz CT molecular complexity index is 459. The highest BCUT2D eigenvalue weighted by Gasteiger charge is 2.37. The van der Waals surface area contributed by atoms with Crippen molar-refractivity contribution >= 4 is 21.8 Å². The lowest BCUT2D eigenvalue weighted by atomic mass is 9.88. The number of aliphatic hydroxyl groups excluding tert-OH is 1. The molecule has 1 aliphatic rings. The lowest BCUT2D eigenvalue weighted by Crippen LogP contribution is -2.54. The van der Waals surface area contributed by atoms with E-state index in [1.807, 2.05) is 38.1 Å². The second-order valence-corrected chi connectivity index (χ2v) is 6.25. The van der Waals surface area contributed by atoms with E-state index in [1.165, 1.54) is 0 Å². The van der Waals surface area contributed by atoms with Gasteiger partial charge in [-0.25, -0.2) is 0 Å². The molecule has 1 saturated heterocycles. The molecule has 2 rings (SSSR count). The van der Waals surface area contributed by atoms with Gasteiger partial charge in [-0.2, -0.15) is 0 Å². The molecule has 0 bridgehead atoms. The molecule has 4 heteroatoms. The SMILES string of the molecule is CC1(C)CCC(O)CN1C(=O)c1ccccc1Br. The summed E-state index contributed by atoms with van der Waals surface area (Å²) < 4.78 is 0.797. The minimum atomic E-state index is -0.413. The van der Waals surface area contributed by atoms with Gasteiger partial charge >= 0.3 is 0 Å². The zero-order valence-electron chi connectivity index (χ0n) is 10.7. The number of carbonyl (C=O) groups is 1. The minimum Gasteiger partial charge on any atom is -0.391 e. The molecule has 0 aliphatic carbocycles. The van der Waals surface area contributed by atoms with Crippen LogP contribution >= 0.6 is 15.9 Å². The van der Waals surface area contributed by atoms with E-state index in [1.54, 1.807) is 4.90 Å². The number of amides is 1. The van der Waals surface area contributed by atoms with E-state index >= 15 is 0 Å². The van der Waals surface area contributed by atoms with Crippen LogP contribution in [0.25, 0.3) is 0 Å². The zero-order chi connectivity index (χ0) is 13.3. The van der Waals surface area contributed by atoms with Crippen LogP contribution in [0, 0.1) is 0 Å². The first kappa shape index (κ1) is 13.6. The number of hydrogen-bond donors (Lipinski definition) is 1. The topological polar surface area (TPSA) is 40.5 Å². The minimum absolute atomic E-state index is 0.0220. The van der Waals surface area contributed by atoms with Crippen molar-refractivity contribution in [1.29, 1.82) is 0 Å². The molecule has 0 spiro atoms. The summed E-state index contributed by atoms with van der Waals surface area (Å²) in [6, 6.07) is 7.41. The van der Waals surface area contributed by atoms with Crippen LogP contribution in [0.4, 0.5) is 0 Å². The molecule has 1 aromatic carbocycles. The van der Waals surface area contributed by atoms with Gasteiger partial charge in [-0.3, -0.25) is 4.79 Å². The van der Waals surface area contributed by atoms with Crippen molar-refractivity contribution in [2.45, 2.75) is 38.3 Å². The first-order valence-corrected chi connectivity index (χ1v) is 6.96. The van der Waals surface area contributed by atoms with Crippen molar-refractivity contribution in [1.82, 2.24) is 4.90 Å². The smallest absolute Gasteiger partial charge is 0.255 e. The van der Waals surface area contributed by atoms with Crippen LogP contribution in [0.15, 0.2) is 28.7 Å². The van der Waals surface area contributed by atoms with Gasteiger partial charge in [0.2, 0.25) is 0 Å². The molecule has 3 nitrogen and oxygen atoms in total. The van der Waals surface area contributed by atoms with Crippen molar-refractivity contribution in [3.63, 3.8) is 0 Å². The number of aliphatic hydroxyl groups is 1. The first-order chi connectivity index (χ1) is 8.42. The maximum absolute atomic E-state index is 12.6. The number of β-amino-alcohol motifs (C(OH)–C–C–N with tert-alkyl or cyclic N) is 1. The first-order valence-electron chi connectivity index (χ1n) is 6.16. The van der Waals surface area contributed by atoms with Gasteiger partial charge in [0.25, 0.3) is 5.91 Å². The molecule has 1 aliphatic heterocycles. The molecule has 0 radical (unpaired) electrons. The van der Waals surface area contributed by atoms with Crippen molar-refractivity contribution in [2.75, 3.05) is 6.54 Å². The lowest BCUT2D eigenvalue weighted by Gasteiger charge is -2.44. The number of likely N-dealkylation sites (tertiary alicyclic amines) is 1. The molecule has 1 N–H and O–H groups in total. The molecule has 1 amide bonds. The highest BCUT2D eigenvalue weighted by molar-refractivity contribution is 9.10. The highest BCUT2D eigenvalue weighted by atomic mass is 79.9. The van der Waals surface area contributed by atoms with E-state index < -0.39 is 6.10 Å². The maximum atomic E-state index is 12.6. The van der Waals surface area contributed by atoms with Gasteiger partial charge in [0.15, 0.2) is 0 Å². The second-order valence-electron chi connectivity index (χ2n) is 5.40. The zero-order valence-corrected chi connectivity index (χ0v) is 12.3. The quantitative estimate of drug-likeness (QED) is 0.866. The molecule has 0 aromatic heterocycles. The number of rotatable bonds is 1. The lowest BCUT2D eigenvalue weighted by molar-refractivity contribution is 0.00148. The maximum Gasteiger partial charge on any atom is 0.255 e. The molecule has 0 saturated carbocycles. The number of piperidine rings is 1. The van der Waals surface area contributed by atoms with Crippen LogP contribution < -0.4 is 0 Å². The molecular weight excluding hydrogens is 294 g/mol. The summed E-state index contributed by atoms with van der Waals surface area (Å²) in [5.74, 6) is -0.0220. The van der Waals surface area contributed by atoms with Crippen LogP contribution in [-0.4, -0.2) is 34.1 Å². The van der Waals surface area contributed by atoms with Gasteiger partial charge in [0, 0.05) is 16.6 Å². The predicted octanol–water partition coefficient (Wildman–Crippen LogP) is 2.82. The molecule has 1 atom stereocenters. The second kappa shape index (κ2) is 5.02. The van der Waals surface area contributed by atoms with Gasteiger partial charge in [-0.1, -0.05) is 12.1 Å². The predicted molar refractivity (Wildman–Crippen MR) is 74.5 cm³/mol. The number of nitrogens with zero attached hydrogens (tertiary/aromatic N) is 1. The number of hydrogen-bond acceptors (Lipinski definition) is 2. The summed E-state index contributed by atoms with van der Waals surface area (Å²) in [5.41, 5.74) is 0.450. The van der Waals surface area contributed by atoms with E-state index in [2.05, 4.69) is 15.9 Å². The van der Waals surface area contributed by atoms with E-state index in [-0.39, 0.29) is 11.4 Å². The van der Waals surface area contributed by atoms with Crippen LogP contribution in [0.2, 0.25) is 0 Å². The Balaban J connectivity index is 2.30. The van der Waals surface area contributed by atoms with Gasteiger partial charge in [-0.05, 0) is 54.8 Å². The van der Waals surface area contributed by atoms with Crippen molar-refractivity contribution in [2.24, 2.45) is 0 Å². The van der Waals surface area contributed by atoms with Crippen LogP contribution in [0.1, 0.15) is 37.0 Å². The number of carbonyl (C=O) groups excluding carboxylic acids is 1. The fraction of sp³-hybridized carbons (Fsp3) is 0.500. The third-order valence-corrected chi connectivity index (χ3v) is 4.25. The van der Waals surface area contributed by atoms with Crippen LogP contribution in [0.5, 0.6) is 0 Å². The summed E-state index contributed by atoms with van der Waals surface area (Å²) in [4.78, 5) is 14.3. The van der Waals surface area contributed by atoms with E-state index in [0.717, 1.165) is 17.3 Å². The van der Waals surface area contributed by atoms with Gasteiger partial charge in [-0.15, -0.1) is 0 Å². The molecule has 1 heterocycles. The van der Waals surface area contributed by atoms with Gasteiger partial charge in [0.05, 0.1) is 11.7 Å². The molecule has 1 aromatic rings. The Morgan fingerprint density at radius 1 is 1.44 bits per heavy atom. The van der Waals surface area contributed by atoms with E-state index in [0.29, 0.717) is 12.1 Å². The Morgan fingerprint density at radius 3 is 2.78 bits per heavy atom. The normalized spacial score (nSPS) is 22.9. The molecular formula is C14H18BrNO2. The molecule has 1 fully saturated rings.